The van der Waals surface area contributed by atoms with Gasteiger partial charge in [0.1, 0.15) is 6.61 Å². The Morgan fingerprint density at radius 2 is 1.90 bits per heavy atom. The second-order valence-electron chi connectivity index (χ2n) is 5.05. The van der Waals surface area contributed by atoms with E-state index in [9.17, 15) is 0 Å². The van der Waals surface area contributed by atoms with Gasteiger partial charge in [-0.05, 0) is 33.3 Å². The molecule has 5 heteroatoms. The highest BCUT2D eigenvalue weighted by atomic mass is 35.5. The van der Waals surface area contributed by atoms with Gasteiger partial charge in [-0.2, -0.15) is 0 Å². The van der Waals surface area contributed by atoms with Gasteiger partial charge in [-0.1, -0.05) is 11.6 Å². The number of benzene rings is 1. The molecule has 0 heterocycles. The molecule has 1 unspecified atom stereocenters. The summed E-state index contributed by atoms with van der Waals surface area (Å²) in [5, 5.41) is 0.614. The summed E-state index contributed by atoms with van der Waals surface area (Å²) < 4.78 is 16.6. The molecule has 4 nitrogen and oxygen atoms in total. The lowest BCUT2D eigenvalue weighted by Gasteiger charge is -2.17. The molecule has 0 radical (unpaired) electrons. The lowest BCUT2D eigenvalue weighted by Crippen LogP contribution is -2.19. The fourth-order valence-corrected chi connectivity index (χ4v) is 2.09. The van der Waals surface area contributed by atoms with Crippen LogP contribution in [0.5, 0.6) is 11.5 Å². The average molecular weight is 302 g/mol. The van der Waals surface area contributed by atoms with E-state index in [-0.39, 0.29) is 12.1 Å². The summed E-state index contributed by atoms with van der Waals surface area (Å²) in [6, 6.07) is 3.63. The largest absolute Gasteiger partial charge is 0.493 e. The topological polar surface area (TPSA) is 53.7 Å². The van der Waals surface area contributed by atoms with E-state index in [4.69, 9.17) is 31.5 Å². The number of methoxy groups -OCH3 is 1. The molecule has 0 fully saturated rings. The van der Waals surface area contributed by atoms with Crippen molar-refractivity contribution in [1.29, 1.82) is 0 Å². The first-order valence-electron chi connectivity index (χ1n) is 6.80. The molecule has 114 valence electrons. The number of halogens is 1. The number of hydrogen-bond donors (Lipinski definition) is 1. The van der Waals surface area contributed by atoms with Crippen molar-refractivity contribution in [2.24, 2.45) is 5.73 Å². The predicted molar refractivity (Wildman–Crippen MR) is 81.9 cm³/mol. The van der Waals surface area contributed by atoms with E-state index in [2.05, 4.69) is 0 Å². The molecule has 0 aromatic heterocycles. The summed E-state index contributed by atoms with van der Waals surface area (Å²) in [6.45, 7) is 6.91. The average Bonchev–Trinajstić information content (AvgIpc) is 2.34. The summed E-state index contributed by atoms with van der Waals surface area (Å²) in [6.07, 6.45) is 0.867. The molecule has 0 saturated carbocycles. The van der Waals surface area contributed by atoms with Crippen LogP contribution in [0.15, 0.2) is 12.1 Å². The van der Waals surface area contributed by atoms with Gasteiger partial charge >= 0.3 is 0 Å². The van der Waals surface area contributed by atoms with Crippen LogP contribution in [0, 0.1) is 0 Å². The van der Waals surface area contributed by atoms with E-state index in [0.29, 0.717) is 36.2 Å². The normalized spacial score (nSPS) is 12.6. The maximum atomic E-state index is 6.09. The van der Waals surface area contributed by atoms with Crippen LogP contribution in [-0.4, -0.2) is 32.5 Å². The maximum Gasteiger partial charge on any atom is 0.164 e. The minimum Gasteiger partial charge on any atom is -0.493 e. The van der Waals surface area contributed by atoms with Crippen LogP contribution < -0.4 is 15.2 Å². The molecule has 0 spiro atoms. The summed E-state index contributed by atoms with van der Waals surface area (Å²) in [4.78, 5) is 0. The number of nitrogens with two attached hydrogens (primary N) is 1. The molecular formula is C15H24ClNO3. The Morgan fingerprint density at radius 1 is 1.20 bits per heavy atom. The molecular weight excluding hydrogens is 278 g/mol. The van der Waals surface area contributed by atoms with Crippen molar-refractivity contribution >= 4 is 11.6 Å². The third-order valence-corrected chi connectivity index (χ3v) is 2.86. The third-order valence-electron chi connectivity index (χ3n) is 2.64. The summed E-state index contributed by atoms with van der Waals surface area (Å²) >= 11 is 6.09. The molecule has 1 rings (SSSR count). The zero-order valence-electron chi connectivity index (χ0n) is 12.6. The van der Waals surface area contributed by atoms with Gasteiger partial charge in [0.2, 0.25) is 0 Å². The Morgan fingerprint density at radius 3 is 2.45 bits per heavy atom. The van der Waals surface area contributed by atoms with Gasteiger partial charge in [-0.15, -0.1) is 0 Å². The Bertz CT molecular complexity index is 422. The van der Waals surface area contributed by atoms with Crippen molar-refractivity contribution in [1.82, 2.24) is 0 Å². The van der Waals surface area contributed by atoms with Crippen LogP contribution in [0.4, 0.5) is 0 Å². The lowest BCUT2D eigenvalue weighted by molar-refractivity contribution is 0.0544. The van der Waals surface area contributed by atoms with Crippen LogP contribution in [-0.2, 0) is 11.2 Å². The SMILES string of the molecule is COc1cc(Cl)cc(CC(C)N)c1OCCOC(C)C. The van der Waals surface area contributed by atoms with Crippen LogP contribution in [0.3, 0.4) is 0 Å². The molecule has 0 amide bonds. The molecule has 0 saturated heterocycles. The lowest BCUT2D eigenvalue weighted by atomic mass is 10.1. The van der Waals surface area contributed by atoms with E-state index < -0.39 is 0 Å². The molecule has 0 aliphatic carbocycles. The Labute approximate surface area is 126 Å². The smallest absolute Gasteiger partial charge is 0.164 e. The molecule has 1 aromatic rings. The molecule has 0 bridgehead atoms. The van der Waals surface area contributed by atoms with E-state index in [1.165, 1.54) is 0 Å². The predicted octanol–water partition coefficient (Wildman–Crippen LogP) is 3.04. The van der Waals surface area contributed by atoms with E-state index in [0.717, 1.165) is 5.56 Å². The molecule has 0 aliphatic heterocycles. The first kappa shape index (κ1) is 17.1. The number of rotatable bonds is 8. The second kappa shape index (κ2) is 8.35. The van der Waals surface area contributed by atoms with Crippen molar-refractivity contribution in [3.63, 3.8) is 0 Å². The number of ether oxygens (including phenoxy) is 3. The highest BCUT2D eigenvalue weighted by Gasteiger charge is 2.14. The molecule has 1 atom stereocenters. The van der Waals surface area contributed by atoms with Crippen molar-refractivity contribution in [2.45, 2.75) is 39.3 Å². The second-order valence-corrected chi connectivity index (χ2v) is 5.48. The fraction of sp³-hybridized carbons (Fsp3) is 0.600. The van der Waals surface area contributed by atoms with Gasteiger partial charge in [-0.3, -0.25) is 0 Å². The standard InChI is InChI=1S/C15H24ClNO3/c1-10(2)19-5-6-20-15-12(7-11(3)17)8-13(16)9-14(15)18-4/h8-11H,5-7,17H2,1-4H3. The zero-order chi connectivity index (χ0) is 15.1. The Hall–Kier alpha value is -0.970. The van der Waals surface area contributed by atoms with Gasteiger partial charge in [0.25, 0.3) is 0 Å². The quantitative estimate of drug-likeness (QED) is 0.750. The maximum absolute atomic E-state index is 6.09. The molecule has 0 aliphatic rings. The van der Waals surface area contributed by atoms with Crippen LogP contribution in [0.1, 0.15) is 26.3 Å². The highest BCUT2D eigenvalue weighted by molar-refractivity contribution is 6.30. The minimum absolute atomic E-state index is 0.0208. The van der Waals surface area contributed by atoms with Crippen LogP contribution in [0.25, 0.3) is 0 Å². The summed E-state index contributed by atoms with van der Waals surface area (Å²) in [7, 11) is 1.60. The zero-order valence-corrected chi connectivity index (χ0v) is 13.4. The highest BCUT2D eigenvalue weighted by Crippen LogP contribution is 2.35. The van der Waals surface area contributed by atoms with Gasteiger partial charge in [0.15, 0.2) is 11.5 Å². The fourth-order valence-electron chi connectivity index (χ4n) is 1.86. The van der Waals surface area contributed by atoms with Gasteiger partial charge < -0.3 is 19.9 Å². The third kappa shape index (κ3) is 5.57. The minimum atomic E-state index is 0.0208. The van der Waals surface area contributed by atoms with Gasteiger partial charge in [0.05, 0.1) is 19.8 Å². The van der Waals surface area contributed by atoms with E-state index in [1.54, 1.807) is 13.2 Å². The van der Waals surface area contributed by atoms with E-state index >= 15 is 0 Å². The van der Waals surface area contributed by atoms with Crippen LogP contribution in [0.2, 0.25) is 5.02 Å². The number of hydrogen-bond acceptors (Lipinski definition) is 4. The van der Waals surface area contributed by atoms with Crippen LogP contribution >= 0.6 is 11.6 Å². The van der Waals surface area contributed by atoms with Crippen molar-refractivity contribution in [2.75, 3.05) is 20.3 Å². The van der Waals surface area contributed by atoms with Gasteiger partial charge in [-0.25, -0.2) is 0 Å². The summed E-state index contributed by atoms with van der Waals surface area (Å²) in [5.41, 5.74) is 6.82. The van der Waals surface area contributed by atoms with Crippen molar-refractivity contribution < 1.29 is 14.2 Å². The van der Waals surface area contributed by atoms with E-state index in [1.807, 2.05) is 26.8 Å². The monoisotopic (exact) mass is 301 g/mol. The first-order chi connectivity index (χ1) is 9.43. The molecule has 2 N–H and O–H groups in total. The van der Waals surface area contributed by atoms with Crippen molar-refractivity contribution in [3.8, 4) is 11.5 Å². The Kier molecular flexibility index (Phi) is 7.13. The summed E-state index contributed by atoms with van der Waals surface area (Å²) in [5.74, 6) is 1.32. The Balaban J connectivity index is 2.84. The molecule has 20 heavy (non-hydrogen) atoms. The van der Waals surface area contributed by atoms with Crippen molar-refractivity contribution in [3.05, 3.63) is 22.7 Å². The first-order valence-corrected chi connectivity index (χ1v) is 7.18. The molecule has 1 aromatic carbocycles. The van der Waals surface area contributed by atoms with Gasteiger partial charge in [0, 0.05) is 22.7 Å².